The molecule has 0 aliphatic heterocycles. The fraction of sp³-hybridized carbons (Fsp3) is 0.600. The van der Waals surface area contributed by atoms with Crippen LogP contribution in [0.3, 0.4) is 0 Å². The molecular formula is C15H26O. The van der Waals surface area contributed by atoms with Gasteiger partial charge in [-0.25, -0.2) is 0 Å². The maximum atomic E-state index is 9.07. The number of rotatable bonds is 4. The second kappa shape index (κ2) is 9.41. The first-order valence-electron chi connectivity index (χ1n) is 6.40. The third kappa shape index (κ3) is 7.47. The molecule has 0 fully saturated rings. The maximum absolute atomic E-state index is 9.07. The number of allylic oxidation sites excluding steroid dienone is 6. The Morgan fingerprint density at radius 2 is 2.12 bits per heavy atom. The van der Waals surface area contributed by atoms with E-state index in [1.807, 2.05) is 20.8 Å². The van der Waals surface area contributed by atoms with E-state index < -0.39 is 0 Å². The zero-order valence-corrected chi connectivity index (χ0v) is 11.2. The van der Waals surface area contributed by atoms with Gasteiger partial charge in [0.1, 0.15) is 0 Å². The molecule has 0 radical (unpaired) electrons. The lowest BCUT2D eigenvalue weighted by molar-refractivity contribution is 0.186. The lowest BCUT2D eigenvalue weighted by Gasteiger charge is -2.07. The second-order valence-electron chi connectivity index (χ2n) is 4.03. The molecule has 0 aromatic rings. The predicted octanol–water partition coefficient (Wildman–Crippen LogP) is 4.40. The van der Waals surface area contributed by atoms with E-state index in [1.165, 1.54) is 17.6 Å². The van der Waals surface area contributed by atoms with Crippen LogP contribution in [0.25, 0.3) is 0 Å². The van der Waals surface area contributed by atoms with E-state index >= 15 is 0 Å². The number of aliphatic hydroxyl groups is 1. The molecule has 0 amide bonds. The Morgan fingerprint density at radius 1 is 1.44 bits per heavy atom. The van der Waals surface area contributed by atoms with Crippen molar-refractivity contribution in [2.24, 2.45) is 0 Å². The average Bonchev–Trinajstić information content (AvgIpc) is 2.27. The molecule has 0 saturated heterocycles. The van der Waals surface area contributed by atoms with Crippen LogP contribution >= 0.6 is 0 Å². The molecule has 1 atom stereocenters. The van der Waals surface area contributed by atoms with Crippen LogP contribution in [0.4, 0.5) is 0 Å². The topological polar surface area (TPSA) is 20.2 Å². The molecule has 0 bridgehead atoms. The summed E-state index contributed by atoms with van der Waals surface area (Å²) in [6.07, 6.45) is 12.8. The molecule has 0 aromatic heterocycles. The molecule has 1 aliphatic rings. The summed E-state index contributed by atoms with van der Waals surface area (Å²) in [5.41, 5.74) is 2.78. The van der Waals surface area contributed by atoms with Crippen molar-refractivity contribution in [3.05, 3.63) is 35.5 Å². The minimum Gasteiger partial charge on any atom is -0.393 e. The molecule has 0 saturated carbocycles. The highest BCUT2D eigenvalue weighted by Gasteiger charge is 1.98. The van der Waals surface area contributed by atoms with Gasteiger partial charge in [0.25, 0.3) is 0 Å². The van der Waals surface area contributed by atoms with E-state index in [1.54, 1.807) is 0 Å². The quantitative estimate of drug-likeness (QED) is 0.747. The van der Waals surface area contributed by atoms with Gasteiger partial charge < -0.3 is 5.11 Å². The largest absolute Gasteiger partial charge is 0.393 e. The molecule has 1 N–H and O–H groups in total. The molecular weight excluding hydrogens is 196 g/mol. The first-order valence-corrected chi connectivity index (χ1v) is 6.40. The van der Waals surface area contributed by atoms with Crippen LogP contribution in [0.15, 0.2) is 35.5 Å². The molecule has 0 heterocycles. The Morgan fingerprint density at radius 3 is 2.69 bits per heavy atom. The molecule has 1 heteroatoms. The van der Waals surface area contributed by atoms with E-state index in [4.69, 9.17) is 5.11 Å². The van der Waals surface area contributed by atoms with Crippen molar-refractivity contribution in [3.63, 3.8) is 0 Å². The standard InChI is InChI=1S/C13H20O.C2H6/c1-11-6-5-9-13(10-11)8-4-3-7-12(2)14;1-2/h4,6,8,10,12,14H,3,5,7,9H2,1-2H3;1-2H3/b8-4+;. The summed E-state index contributed by atoms with van der Waals surface area (Å²) < 4.78 is 0. The Labute approximate surface area is 101 Å². The van der Waals surface area contributed by atoms with Gasteiger partial charge in [-0.05, 0) is 45.1 Å². The van der Waals surface area contributed by atoms with Crippen LogP contribution in [0.1, 0.15) is 53.4 Å². The smallest absolute Gasteiger partial charge is 0.0515 e. The number of aliphatic hydroxyl groups excluding tert-OH is 1. The SMILES string of the molecule is CC.CC1=CCCC(/C=C/CCC(C)O)=C1. The fourth-order valence-corrected chi connectivity index (χ4v) is 1.59. The number of hydrogen-bond donors (Lipinski definition) is 1. The molecule has 16 heavy (non-hydrogen) atoms. The molecule has 0 spiro atoms. The van der Waals surface area contributed by atoms with Crippen LogP contribution in [0, 0.1) is 0 Å². The summed E-state index contributed by atoms with van der Waals surface area (Å²) >= 11 is 0. The van der Waals surface area contributed by atoms with Gasteiger partial charge in [-0.2, -0.15) is 0 Å². The molecule has 1 unspecified atom stereocenters. The van der Waals surface area contributed by atoms with Gasteiger partial charge >= 0.3 is 0 Å². The van der Waals surface area contributed by atoms with Crippen LogP contribution in [0.5, 0.6) is 0 Å². The summed E-state index contributed by atoms with van der Waals surface area (Å²) in [5, 5.41) is 9.07. The van der Waals surface area contributed by atoms with E-state index in [0.717, 1.165) is 19.3 Å². The third-order valence-corrected chi connectivity index (χ3v) is 2.40. The summed E-state index contributed by atoms with van der Waals surface area (Å²) in [6.45, 7) is 7.98. The predicted molar refractivity (Wildman–Crippen MR) is 72.5 cm³/mol. The molecule has 1 rings (SSSR count). The van der Waals surface area contributed by atoms with Gasteiger partial charge in [-0.3, -0.25) is 0 Å². The van der Waals surface area contributed by atoms with Crippen LogP contribution in [0.2, 0.25) is 0 Å². The van der Waals surface area contributed by atoms with Gasteiger partial charge in [0.2, 0.25) is 0 Å². The van der Waals surface area contributed by atoms with E-state index in [2.05, 4.69) is 31.2 Å². The van der Waals surface area contributed by atoms with Gasteiger partial charge in [-0.1, -0.05) is 43.7 Å². The Bertz CT molecular complexity index is 257. The van der Waals surface area contributed by atoms with Crippen molar-refractivity contribution in [1.82, 2.24) is 0 Å². The lowest BCUT2D eigenvalue weighted by atomic mass is 9.99. The number of hydrogen-bond acceptors (Lipinski definition) is 1. The Kier molecular flexibility index (Phi) is 8.93. The summed E-state index contributed by atoms with van der Waals surface area (Å²) in [7, 11) is 0. The minimum atomic E-state index is -0.179. The maximum Gasteiger partial charge on any atom is 0.0515 e. The van der Waals surface area contributed by atoms with Crippen molar-refractivity contribution >= 4 is 0 Å². The second-order valence-corrected chi connectivity index (χ2v) is 4.03. The first kappa shape index (κ1) is 15.2. The molecule has 1 nitrogen and oxygen atoms in total. The highest BCUT2D eigenvalue weighted by atomic mass is 16.3. The zero-order valence-electron chi connectivity index (χ0n) is 11.2. The average molecular weight is 222 g/mol. The summed E-state index contributed by atoms with van der Waals surface area (Å²) in [6, 6.07) is 0. The van der Waals surface area contributed by atoms with Crippen molar-refractivity contribution in [3.8, 4) is 0 Å². The molecule has 0 aromatic carbocycles. The third-order valence-electron chi connectivity index (χ3n) is 2.40. The fourth-order valence-electron chi connectivity index (χ4n) is 1.59. The van der Waals surface area contributed by atoms with Crippen LogP contribution < -0.4 is 0 Å². The lowest BCUT2D eigenvalue weighted by Crippen LogP contribution is -1.97. The first-order chi connectivity index (χ1) is 7.68. The van der Waals surface area contributed by atoms with Gasteiger partial charge in [0.05, 0.1) is 6.10 Å². The monoisotopic (exact) mass is 222 g/mol. The highest BCUT2D eigenvalue weighted by Crippen LogP contribution is 2.18. The van der Waals surface area contributed by atoms with E-state index in [0.29, 0.717) is 0 Å². The Hall–Kier alpha value is -0.820. The summed E-state index contributed by atoms with van der Waals surface area (Å²) in [4.78, 5) is 0. The minimum absolute atomic E-state index is 0.179. The van der Waals surface area contributed by atoms with E-state index in [9.17, 15) is 0 Å². The van der Waals surface area contributed by atoms with Crippen LogP contribution in [-0.4, -0.2) is 11.2 Å². The van der Waals surface area contributed by atoms with Crippen molar-refractivity contribution in [2.45, 2.75) is 59.5 Å². The van der Waals surface area contributed by atoms with Gasteiger partial charge in [0, 0.05) is 0 Å². The normalized spacial score (nSPS) is 17.3. The van der Waals surface area contributed by atoms with Gasteiger partial charge in [-0.15, -0.1) is 0 Å². The van der Waals surface area contributed by atoms with Crippen LogP contribution in [-0.2, 0) is 0 Å². The highest BCUT2D eigenvalue weighted by molar-refractivity contribution is 5.32. The van der Waals surface area contributed by atoms with Crippen molar-refractivity contribution in [1.29, 1.82) is 0 Å². The van der Waals surface area contributed by atoms with E-state index in [-0.39, 0.29) is 6.10 Å². The molecule has 1 aliphatic carbocycles. The van der Waals surface area contributed by atoms with Gasteiger partial charge in [0.15, 0.2) is 0 Å². The summed E-state index contributed by atoms with van der Waals surface area (Å²) in [5.74, 6) is 0. The molecule has 92 valence electrons. The van der Waals surface area contributed by atoms with Crippen molar-refractivity contribution < 1.29 is 5.11 Å². The van der Waals surface area contributed by atoms with Crippen molar-refractivity contribution in [2.75, 3.05) is 0 Å². The Balaban J connectivity index is 0.00000106. The zero-order chi connectivity index (χ0) is 12.4.